The van der Waals surface area contributed by atoms with Gasteiger partial charge in [0.1, 0.15) is 22.6 Å². The SMILES string of the molecule is C1=CCC/C=C\CC1.COc1ccc(C(O)=[OH+])cc1.COc1ccc(C(O)=[OH+])cc1.[CH3-].[CH3-].[Ru]. The molecule has 0 fully saturated rings. The van der Waals surface area contributed by atoms with Gasteiger partial charge in [-0.3, -0.25) is 0 Å². The fourth-order valence-electron chi connectivity index (χ4n) is 2.34. The summed E-state index contributed by atoms with van der Waals surface area (Å²) >= 11 is 0. The molecule has 3 rings (SSSR count). The summed E-state index contributed by atoms with van der Waals surface area (Å²) in [5, 5.41) is 17.2. The molecule has 0 radical (unpaired) electrons. The molecule has 4 N–H and O–H groups in total. The molecule has 1 aliphatic carbocycles. The summed E-state index contributed by atoms with van der Waals surface area (Å²) < 4.78 is 9.75. The second kappa shape index (κ2) is 21.0. The molecule has 2 aromatic rings. The van der Waals surface area contributed by atoms with E-state index >= 15 is 0 Å². The van der Waals surface area contributed by atoms with Crippen molar-refractivity contribution < 1.29 is 48.8 Å². The maximum absolute atomic E-state index is 8.62. The smallest absolute Gasteiger partial charge is 0.497 e. The van der Waals surface area contributed by atoms with Gasteiger partial charge in [-0.05, 0) is 74.2 Å². The molecule has 1 aliphatic rings. The summed E-state index contributed by atoms with van der Waals surface area (Å²) in [4.78, 5) is 17.2. The zero-order valence-electron chi connectivity index (χ0n) is 19.7. The molecule has 2 aromatic carbocycles. The number of allylic oxidation sites excluding steroid dienone is 4. The molecule has 6 nitrogen and oxygen atoms in total. The van der Waals surface area contributed by atoms with Gasteiger partial charge in [-0.15, -0.1) is 0 Å². The Bertz CT molecular complexity index is 743. The van der Waals surface area contributed by atoms with E-state index in [-0.39, 0.29) is 34.3 Å². The van der Waals surface area contributed by atoms with Crippen molar-refractivity contribution in [1.29, 1.82) is 0 Å². The molecule has 0 atom stereocenters. The third kappa shape index (κ3) is 15.5. The van der Waals surface area contributed by atoms with Crippen LogP contribution in [0.15, 0.2) is 72.8 Å². The van der Waals surface area contributed by atoms with Crippen molar-refractivity contribution in [2.24, 2.45) is 0 Å². The fraction of sp³-hybridized carbons (Fsp3) is 0.231. The van der Waals surface area contributed by atoms with Crippen LogP contribution >= 0.6 is 0 Å². The molecule has 0 spiro atoms. The molecule has 0 saturated heterocycles. The largest absolute Gasteiger partial charge is 0.515 e. The van der Waals surface area contributed by atoms with Crippen LogP contribution in [0.4, 0.5) is 0 Å². The third-order valence-corrected chi connectivity index (χ3v) is 4.03. The van der Waals surface area contributed by atoms with Gasteiger partial charge in [0, 0.05) is 19.5 Å². The second-order valence-corrected chi connectivity index (χ2v) is 6.20. The van der Waals surface area contributed by atoms with Crippen LogP contribution in [-0.2, 0) is 19.5 Å². The Morgan fingerprint density at radius 2 is 0.848 bits per heavy atom. The molecule has 0 aliphatic heterocycles. The minimum Gasteiger partial charge on any atom is -0.497 e. The number of hydrogen-bond donors (Lipinski definition) is 2. The van der Waals surface area contributed by atoms with Gasteiger partial charge in [0.05, 0.1) is 14.2 Å². The van der Waals surface area contributed by atoms with E-state index in [1.807, 2.05) is 0 Å². The van der Waals surface area contributed by atoms with Crippen LogP contribution in [0.25, 0.3) is 0 Å². The molecule has 7 heteroatoms. The van der Waals surface area contributed by atoms with Crippen LogP contribution in [0.5, 0.6) is 11.5 Å². The first-order valence-electron chi connectivity index (χ1n) is 9.56. The van der Waals surface area contributed by atoms with Gasteiger partial charge in [-0.25, -0.2) is 0 Å². The number of rotatable bonds is 4. The van der Waals surface area contributed by atoms with Gasteiger partial charge in [-0.2, -0.15) is 0 Å². The molecule has 0 unspecified atom stereocenters. The van der Waals surface area contributed by atoms with E-state index in [0.29, 0.717) is 22.6 Å². The number of carboxylic acids is 2. The Labute approximate surface area is 210 Å². The van der Waals surface area contributed by atoms with Gasteiger partial charge in [0.15, 0.2) is 0 Å². The van der Waals surface area contributed by atoms with E-state index in [2.05, 4.69) is 24.3 Å². The van der Waals surface area contributed by atoms with E-state index in [1.54, 1.807) is 62.8 Å². The summed E-state index contributed by atoms with van der Waals surface area (Å²) in [6.45, 7) is 0. The minimum atomic E-state index is -0.673. The van der Waals surface area contributed by atoms with Crippen molar-refractivity contribution in [3.8, 4) is 11.5 Å². The van der Waals surface area contributed by atoms with E-state index in [9.17, 15) is 0 Å². The van der Waals surface area contributed by atoms with Gasteiger partial charge >= 0.3 is 11.9 Å². The maximum atomic E-state index is 8.62. The summed E-state index contributed by atoms with van der Waals surface area (Å²) in [5.41, 5.74) is 0.761. The molecule has 0 aromatic heterocycles. The standard InChI is InChI=1S/2C8H8O3.C8H12.2CH3.Ru/c2*1-11-7-4-2-6(3-5-7)8(9)10;1-2-4-6-8-7-5-3-1;;;/h2*2-5H,1H3,(H,9,10);1-2,7-8H,3-6H2;2*1H3;/q;;;2*-1;/p+2/b;;2-1-,8-7?;;;. The van der Waals surface area contributed by atoms with Crippen LogP contribution < -0.4 is 9.47 Å². The van der Waals surface area contributed by atoms with E-state index in [0.717, 1.165) is 0 Å². The zero-order valence-corrected chi connectivity index (χ0v) is 21.5. The summed E-state index contributed by atoms with van der Waals surface area (Å²) in [7, 11) is 3.11. The topological polar surface area (TPSA) is 102 Å². The Morgan fingerprint density at radius 1 is 0.606 bits per heavy atom. The monoisotopic (exact) mass is 546 g/mol. The van der Waals surface area contributed by atoms with Crippen molar-refractivity contribution in [3.05, 3.63) is 98.8 Å². The number of benzene rings is 2. The predicted molar refractivity (Wildman–Crippen MR) is 133 cm³/mol. The number of hydrogen-bond acceptors (Lipinski definition) is 2. The van der Waals surface area contributed by atoms with Gasteiger partial charge in [-0.1, -0.05) is 24.3 Å². The van der Waals surface area contributed by atoms with Crippen molar-refractivity contribution in [2.45, 2.75) is 25.7 Å². The van der Waals surface area contributed by atoms with Crippen LogP contribution in [0.2, 0.25) is 0 Å². The minimum absolute atomic E-state index is 0. The van der Waals surface area contributed by atoms with Gasteiger partial charge in [0.25, 0.3) is 0 Å². The first kappa shape index (κ1) is 34.7. The van der Waals surface area contributed by atoms with E-state index in [4.69, 9.17) is 29.3 Å². The number of aromatic carboxylic acids is 2. The molecular weight excluding hydrogens is 509 g/mol. The van der Waals surface area contributed by atoms with Crippen LogP contribution in [0.1, 0.15) is 36.8 Å². The predicted octanol–water partition coefficient (Wildman–Crippen LogP) is 5.78. The molecule has 0 heterocycles. The Kier molecular flexibility index (Phi) is 22.0. The average Bonchev–Trinajstić information content (AvgIpc) is 2.74. The maximum Gasteiger partial charge on any atom is 0.515 e. The van der Waals surface area contributed by atoms with Crippen molar-refractivity contribution in [3.63, 3.8) is 0 Å². The zero-order chi connectivity index (χ0) is 22.2. The number of ether oxygens (including phenoxy) is 2. The van der Waals surface area contributed by atoms with Crippen LogP contribution in [-0.4, -0.2) is 46.0 Å². The molecule has 0 saturated carbocycles. The molecule has 0 amide bonds. The number of aliphatic hydroxyl groups excluding tert-OH is 2. The number of carboxylic acid groups (broad SMARTS) is 2. The van der Waals surface area contributed by atoms with Crippen LogP contribution in [0.3, 0.4) is 0 Å². The summed E-state index contributed by atoms with van der Waals surface area (Å²) in [6.07, 6.45) is 14.0. The van der Waals surface area contributed by atoms with Crippen molar-refractivity contribution in [2.75, 3.05) is 14.2 Å². The fourth-order valence-corrected chi connectivity index (χ4v) is 2.34. The first-order chi connectivity index (χ1) is 14.5. The second-order valence-electron chi connectivity index (χ2n) is 6.20. The summed E-state index contributed by atoms with van der Waals surface area (Å²) in [5.74, 6) is 0.0327. The molecule has 0 bridgehead atoms. The molecule has 33 heavy (non-hydrogen) atoms. The van der Waals surface area contributed by atoms with Crippen molar-refractivity contribution in [1.82, 2.24) is 0 Å². The molecular formula is C26H36O6Ru. The van der Waals surface area contributed by atoms with Crippen LogP contribution in [0, 0.1) is 14.9 Å². The quantitative estimate of drug-likeness (QED) is 0.220. The van der Waals surface area contributed by atoms with Crippen molar-refractivity contribution >= 4 is 11.9 Å². The Morgan fingerprint density at radius 3 is 1.03 bits per heavy atom. The Hall–Kier alpha value is -2.92. The summed E-state index contributed by atoms with van der Waals surface area (Å²) in [6, 6.07) is 12.9. The normalized spacial score (nSPS) is 11.9. The third-order valence-electron chi connectivity index (χ3n) is 4.03. The van der Waals surface area contributed by atoms with E-state index < -0.39 is 11.9 Å². The molecule has 184 valence electrons. The van der Waals surface area contributed by atoms with Gasteiger partial charge in [0.2, 0.25) is 0 Å². The number of methoxy groups -OCH3 is 2. The van der Waals surface area contributed by atoms with E-state index in [1.165, 1.54) is 25.7 Å². The Balaban J connectivity index is -0.000000396. The first-order valence-corrected chi connectivity index (χ1v) is 9.56. The van der Waals surface area contributed by atoms with Gasteiger partial charge < -0.3 is 44.1 Å². The average molecular weight is 546 g/mol.